The van der Waals surface area contributed by atoms with Gasteiger partial charge in [0.05, 0.1) is 35.0 Å². The van der Waals surface area contributed by atoms with Gasteiger partial charge in [-0.15, -0.1) is 0 Å². The number of fused-ring (bicyclic) bond motifs is 1. The van der Waals surface area contributed by atoms with Crippen LogP contribution < -0.4 is 10.6 Å². The second-order valence-corrected chi connectivity index (χ2v) is 10.6. The summed E-state index contributed by atoms with van der Waals surface area (Å²) < 4.78 is 41.2. The first-order valence-corrected chi connectivity index (χ1v) is 14.1. The average Bonchev–Trinajstić information content (AvgIpc) is 3.00. The van der Waals surface area contributed by atoms with Gasteiger partial charge in [-0.05, 0) is 62.7 Å². The SMILES string of the molecule is CC(NC(=O)c1c(CN2CCC(NCCO)CC2)c(-c2cccc(C(F)(F)F)c2)nc2cccnc12)c1ccccc1. The van der Waals surface area contributed by atoms with E-state index in [2.05, 4.69) is 20.5 Å². The summed E-state index contributed by atoms with van der Waals surface area (Å²) in [6.45, 7) is 4.23. The number of aliphatic hydroxyl groups excluding tert-OH is 1. The number of benzene rings is 2. The number of hydrogen-bond acceptors (Lipinski definition) is 6. The summed E-state index contributed by atoms with van der Waals surface area (Å²) in [6, 6.07) is 18.0. The van der Waals surface area contributed by atoms with Crippen molar-refractivity contribution in [2.24, 2.45) is 0 Å². The van der Waals surface area contributed by atoms with Gasteiger partial charge in [0.25, 0.3) is 5.91 Å². The van der Waals surface area contributed by atoms with E-state index in [1.165, 1.54) is 6.07 Å². The molecule has 1 aliphatic heterocycles. The van der Waals surface area contributed by atoms with E-state index in [1.54, 1.807) is 24.4 Å². The number of alkyl halides is 3. The van der Waals surface area contributed by atoms with Crippen LogP contribution in [0.3, 0.4) is 0 Å². The molecule has 3 heterocycles. The summed E-state index contributed by atoms with van der Waals surface area (Å²) in [5, 5.41) is 15.6. The lowest BCUT2D eigenvalue weighted by Crippen LogP contribution is -2.43. The topological polar surface area (TPSA) is 90.4 Å². The Hall–Kier alpha value is -3.86. The highest BCUT2D eigenvalue weighted by molar-refractivity contribution is 6.07. The third kappa shape index (κ3) is 6.78. The number of nitrogens with one attached hydrogen (secondary N) is 2. The molecule has 1 unspecified atom stereocenters. The first kappa shape index (κ1) is 29.6. The fourth-order valence-electron chi connectivity index (χ4n) is 5.49. The first-order valence-electron chi connectivity index (χ1n) is 14.1. The Balaban J connectivity index is 1.60. The molecule has 7 nitrogen and oxygen atoms in total. The summed E-state index contributed by atoms with van der Waals surface area (Å²) in [6.07, 6.45) is -1.26. The van der Waals surface area contributed by atoms with Gasteiger partial charge in [-0.25, -0.2) is 4.98 Å². The molecule has 4 aromatic rings. The minimum Gasteiger partial charge on any atom is -0.395 e. The Morgan fingerprint density at radius 3 is 2.55 bits per heavy atom. The molecule has 1 aliphatic rings. The maximum Gasteiger partial charge on any atom is 0.416 e. The van der Waals surface area contributed by atoms with E-state index in [4.69, 9.17) is 10.1 Å². The number of halogens is 3. The molecule has 0 aliphatic carbocycles. The van der Waals surface area contributed by atoms with Crippen LogP contribution in [0.2, 0.25) is 0 Å². The van der Waals surface area contributed by atoms with Gasteiger partial charge in [-0.1, -0.05) is 42.5 Å². The van der Waals surface area contributed by atoms with Crippen molar-refractivity contribution in [3.63, 3.8) is 0 Å². The van der Waals surface area contributed by atoms with Crippen molar-refractivity contribution < 1.29 is 23.1 Å². The number of aromatic nitrogens is 2. The predicted molar refractivity (Wildman–Crippen MR) is 156 cm³/mol. The molecule has 3 N–H and O–H groups in total. The molecule has 0 saturated carbocycles. The van der Waals surface area contributed by atoms with E-state index < -0.39 is 11.7 Å². The van der Waals surface area contributed by atoms with E-state index in [9.17, 15) is 18.0 Å². The number of piperidine rings is 1. The number of rotatable bonds is 9. The molecule has 0 bridgehead atoms. The summed E-state index contributed by atoms with van der Waals surface area (Å²) in [5.41, 5.74) is 2.46. The highest BCUT2D eigenvalue weighted by atomic mass is 19.4. The lowest BCUT2D eigenvalue weighted by molar-refractivity contribution is -0.137. The van der Waals surface area contributed by atoms with Gasteiger partial charge >= 0.3 is 6.18 Å². The van der Waals surface area contributed by atoms with Crippen molar-refractivity contribution in [1.29, 1.82) is 0 Å². The van der Waals surface area contributed by atoms with Crippen LogP contribution in [0.25, 0.3) is 22.3 Å². The maximum atomic E-state index is 14.1. The molecule has 0 spiro atoms. The molecule has 10 heteroatoms. The van der Waals surface area contributed by atoms with Crippen LogP contribution in [0.15, 0.2) is 72.9 Å². The Kier molecular flexibility index (Phi) is 9.15. The maximum absolute atomic E-state index is 14.1. The first-order chi connectivity index (χ1) is 20.2. The van der Waals surface area contributed by atoms with Crippen molar-refractivity contribution in [3.8, 4) is 11.3 Å². The number of carbonyl (C=O) groups is 1. The van der Waals surface area contributed by atoms with E-state index in [-0.39, 0.29) is 30.2 Å². The molecule has 0 radical (unpaired) electrons. The molecule has 1 fully saturated rings. The van der Waals surface area contributed by atoms with Gasteiger partial charge in [0, 0.05) is 36.5 Å². The van der Waals surface area contributed by atoms with Crippen LogP contribution in [0.5, 0.6) is 0 Å². The average molecular weight is 578 g/mol. The van der Waals surface area contributed by atoms with Gasteiger partial charge in [-0.3, -0.25) is 14.7 Å². The predicted octanol–water partition coefficient (Wildman–Crippen LogP) is 5.35. The summed E-state index contributed by atoms with van der Waals surface area (Å²) in [4.78, 5) is 25.6. The van der Waals surface area contributed by atoms with Crippen LogP contribution in [0, 0.1) is 0 Å². The molecule has 2 aromatic carbocycles. The molecular weight excluding hydrogens is 543 g/mol. The Morgan fingerprint density at radius 2 is 1.83 bits per heavy atom. The Bertz CT molecular complexity index is 1520. The summed E-state index contributed by atoms with van der Waals surface area (Å²) in [5.74, 6) is -0.361. The minimum absolute atomic E-state index is 0.0657. The third-order valence-corrected chi connectivity index (χ3v) is 7.69. The van der Waals surface area contributed by atoms with E-state index in [0.717, 1.165) is 30.5 Å². The van der Waals surface area contributed by atoms with E-state index >= 15 is 0 Å². The highest BCUT2D eigenvalue weighted by Crippen LogP contribution is 2.35. The van der Waals surface area contributed by atoms with Crippen LogP contribution in [-0.2, 0) is 12.7 Å². The number of pyridine rings is 2. The molecule has 2 aromatic heterocycles. The van der Waals surface area contributed by atoms with Crippen LogP contribution in [-0.4, -0.2) is 58.2 Å². The molecular formula is C32H34F3N5O2. The van der Waals surface area contributed by atoms with Gasteiger partial charge in [0.1, 0.15) is 5.52 Å². The molecule has 5 rings (SSSR count). The number of likely N-dealkylation sites (tertiary alicyclic amines) is 1. The Labute approximate surface area is 242 Å². The van der Waals surface area contributed by atoms with Gasteiger partial charge in [0.2, 0.25) is 0 Å². The number of carbonyl (C=O) groups excluding carboxylic acids is 1. The fraction of sp³-hybridized carbons (Fsp3) is 0.344. The Morgan fingerprint density at radius 1 is 1.07 bits per heavy atom. The highest BCUT2D eigenvalue weighted by Gasteiger charge is 2.32. The van der Waals surface area contributed by atoms with Crippen LogP contribution in [0.1, 0.15) is 52.9 Å². The largest absolute Gasteiger partial charge is 0.416 e. The lowest BCUT2D eigenvalue weighted by Gasteiger charge is -2.33. The third-order valence-electron chi connectivity index (χ3n) is 7.69. The second kappa shape index (κ2) is 13.0. The molecule has 1 atom stereocenters. The zero-order chi connectivity index (χ0) is 29.7. The van der Waals surface area contributed by atoms with Crippen molar-refractivity contribution >= 4 is 16.9 Å². The second-order valence-electron chi connectivity index (χ2n) is 10.6. The zero-order valence-electron chi connectivity index (χ0n) is 23.4. The van der Waals surface area contributed by atoms with Gasteiger partial charge in [-0.2, -0.15) is 13.2 Å². The smallest absolute Gasteiger partial charge is 0.395 e. The normalized spacial score (nSPS) is 15.5. The number of hydrogen-bond donors (Lipinski definition) is 3. The molecule has 220 valence electrons. The van der Waals surface area contributed by atoms with Gasteiger partial charge in [0.15, 0.2) is 0 Å². The molecule has 1 saturated heterocycles. The number of amides is 1. The minimum atomic E-state index is -4.52. The lowest BCUT2D eigenvalue weighted by atomic mass is 9.95. The van der Waals surface area contributed by atoms with Crippen molar-refractivity contribution in [2.45, 2.75) is 44.6 Å². The van der Waals surface area contributed by atoms with Crippen LogP contribution in [0.4, 0.5) is 13.2 Å². The number of nitrogens with zero attached hydrogens (tertiary/aromatic N) is 3. The quantitative estimate of drug-likeness (QED) is 0.249. The summed E-state index contributed by atoms with van der Waals surface area (Å²) >= 11 is 0. The monoisotopic (exact) mass is 577 g/mol. The number of aliphatic hydroxyl groups is 1. The standard InChI is InChI=1S/C32H34F3N5O2/c1-21(22-7-3-2-4-8-22)38-31(42)28-26(20-40-16-12-25(13-17-40)36-15-18-41)29(39-27-11-6-14-37-30(27)28)23-9-5-10-24(19-23)32(33,34)35/h2-11,14,19,21,25,36,41H,12-13,15-18,20H2,1H3,(H,38,42). The summed E-state index contributed by atoms with van der Waals surface area (Å²) in [7, 11) is 0. The zero-order valence-corrected chi connectivity index (χ0v) is 23.4. The van der Waals surface area contributed by atoms with Crippen molar-refractivity contribution in [1.82, 2.24) is 25.5 Å². The molecule has 1 amide bonds. The van der Waals surface area contributed by atoms with E-state index in [0.29, 0.717) is 54.0 Å². The van der Waals surface area contributed by atoms with Gasteiger partial charge < -0.3 is 15.7 Å². The van der Waals surface area contributed by atoms with Crippen molar-refractivity contribution in [3.05, 3.63) is 95.2 Å². The van der Waals surface area contributed by atoms with Crippen molar-refractivity contribution in [2.75, 3.05) is 26.2 Å². The molecule has 42 heavy (non-hydrogen) atoms. The van der Waals surface area contributed by atoms with Crippen LogP contribution >= 0.6 is 0 Å². The van der Waals surface area contributed by atoms with E-state index in [1.807, 2.05) is 37.3 Å². The fourth-order valence-corrected chi connectivity index (χ4v) is 5.49.